The van der Waals surface area contributed by atoms with E-state index < -0.39 is 12.1 Å². The van der Waals surface area contributed by atoms with Gasteiger partial charge in [0.15, 0.2) is 6.29 Å². The molecule has 2 atom stereocenters. The second kappa shape index (κ2) is 11.5. The number of dihydropyridines is 1. The molecule has 2 N–H and O–H groups in total. The minimum Gasteiger partial charge on any atom is -0.497 e. The summed E-state index contributed by atoms with van der Waals surface area (Å²) in [6.07, 6.45) is 1.95. The number of carbonyl (C=O) groups is 1. The van der Waals surface area contributed by atoms with Gasteiger partial charge in [-0.25, -0.2) is 4.99 Å². The highest BCUT2D eigenvalue weighted by atomic mass is 19.1. The Labute approximate surface area is 138 Å². The summed E-state index contributed by atoms with van der Waals surface area (Å²) in [6.45, 7) is 8.00. The van der Waals surface area contributed by atoms with Gasteiger partial charge in [-0.2, -0.15) is 4.39 Å². The van der Waals surface area contributed by atoms with E-state index in [-0.39, 0.29) is 11.5 Å². The molecule has 5 heteroatoms. The number of allylic oxidation sites excluding steroid dienone is 1. The summed E-state index contributed by atoms with van der Waals surface area (Å²) in [4.78, 5) is 14.4. The Morgan fingerprint density at radius 2 is 1.78 bits per heavy atom. The van der Waals surface area contributed by atoms with Crippen LogP contribution in [0.5, 0.6) is 5.75 Å². The molecule has 1 aliphatic rings. The Hall–Kier alpha value is -2.01. The summed E-state index contributed by atoms with van der Waals surface area (Å²) in [5.74, 6) is -0.202. The van der Waals surface area contributed by atoms with Gasteiger partial charge in [-0.3, -0.25) is 4.79 Å². The maximum Gasteiger partial charge on any atom is 0.220 e. The number of aliphatic imine (C=N–C) groups is 1. The molecular weight excluding hydrogens is 295 g/mol. The van der Waals surface area contributed by atoms with Gasteiger partial charge < -0.3 is 10.5 Å². The quantitative estimate of drug-likeness (QED) is 0.860. The second-order valence-electron chi connectivity index (χ2n) is 4.37. The van der Waals surface area contributed by atoms with E-state index in [1.165, 1.54) is 0 Å². The first-order chi connectivity index (χ1) is 11.1. The summed E-state index contributed by atoms with van der Waals surface area (Å²) in [5.41, 5.74) is 6.78. The molecule has 0 fully saturated rings. The molecule has 23 heavy (non-hydrogen) atoms. The van der Waals surface area contributed by atoms with Crippen LogP contribution in [0.2, 0.25) is 0 Å². The number of carbonyl (C=O) groups excluding carboxylic acids is 1. The first-order valence-corrected chi connectivity index (χ1v) is 7.93. The molecule has 1 heterocycles. The number of methoxy groups -OCH3 is 1. The zero-order valence-corrected chi connectivity index (χ0v) is 14.5. The van der Waals surface area contributed by atoms with E-state index in [9.17, 15) is 9.18 Å². The molecule has 0 saturated heterocycles. The van der Waals surface area contributed by atoms with Gasteiger partial charge in [0.2, 0.25) is 5.97 Å². The van der Waals surface area contributed by atoms with Gasteiger partial charge in [0.25, 0.3) is 0 Å². The smallest absolute Gasteiger partial charge is 0.220 e. The number of rotatable bonds is 4. The van der Waals surface area contributed by atoms with Crippen molar-refractivity contribution in [3.63, 3.8) is 0 Å². The van der Waals surface area contributed by atoms with Crippen molar-refractivity contribution in [1.82, 2.24) is 0 Å². The van der Waals surface area contributed by atoms with Crippen LogP contribution in [0, 0.1) is 5.92 Å². The summed E-state index contributed by atoms with van der Waals surface area (Å²) in [7, 11) is 1.60. The zero-order valence-electron chi connectivity index (χ0n) is 14.5. The van der Waals surface area contributed by atoms with Crippen molar-refractivity contribution in [2.45, 2.75) is 40.3 Å². The lowest BCUT2D eigenvalue weighted by Gasteiger charge is -2.21. The van der Waals surface area contributed by atoms with Gasteiger partial charge in [-0.1, -0.05) is 45.9 Å². The van der Waals surface area contributed by atoms with E-state index in [2.05, 4.69) is 4.99 Å². The first-order valence-electron chi connectivity index (χ1n) is 7.93. The predicted molar refractivity (Wildman–Crippen MR) is 93.5 cm³/mol. The zero-order chi connectivity index (χ0) is 17.8. The highest BCUT2D eigenvalue weighted by molar-refractivity contribution is 6.10. The fourth-order valence-corrected chi connectivity index (χ4v) is 2.00. The molecule has 4 nitrogen and oxygen atoms in total. The molecular formula is C18H27FN2O2. The molecule has 0 aromatic heterocycles. The van der Waals surface area contributed by atoms with E-state index in [4.69, 9.17) is 10.5 Å². The third-order valence-electron chi connectivity index (χ3n) is 3.09. The normalized spacial score (nSPS) is 19.1. The van der Waals surface area contributed by atoms with Crippen LogP contribution in [0.15, 0.2) is 40.9 Å². The van der Waals surface area contributed by atoms with Crippen LogP contribution < -0.4 is 10.5 Å². The second-order valence-corrected chi connectivity index (χ2v) is 4.37. The van der Waals surface area contributed by atoms with Gasteiger partial charge in [0, 0.05) is 5.92 Å². The van der Waals surface area contributed by atoms with Crippen LogP contribution in [0.4, 0.5) is 4.39 Å². The van der Waals surface area contributed by atoms with E-state index in [0.29, 0.717) is 12.7 Å². The number of hydrogen-bond acceptors (Lipinski definition) is 4. The molecule has 0 saturated carbocycles. The Bertz CT molecular complexity index is 524. The van der Waals surface area contributed by atoms with Crippen molar-refractivity contribution in [2.75, 3.05) is 7.11 Å². The SMILES string of the molecule is CC.CC.COc1ccc(CC2C=C(C=O)C(F)=NC2N)cc1. The maximum atomic E-state index is 13.3. The summed E-state index contributed by atoms with van der Waals surface area (Å²) < 4.78 is 18.3. The fraction of sp³-hybridized carbons (Fsp3) is 0.444. The minimum absolute atomic E-state index is 0.0276. The number of benzene rings is 1. The first kappa shape index (κ1) is 21.0. The van der Waals surface area contributed by atoms with E-state index >= 15 is 0 Å². The number of hydrogen-bond donors (Lipinski definition) is 1. The van der Waals surface area contributed by atoms with E-state index in [1.807, 2.05) is 52.0 Å². The van der Waals surface area contributed by atoms with Crippen molar-refractivity contribution in [1.29, 1.82) is 0 Å². The average Bonchev–Trinajstić information content (AvgIpc) is 2.61. The predicted octanol–water partition coefficient (Wildman–Crippen LogP) is 3.70. The molecule has 1 aromatic rings. The molecule has 0 spiro atoms. The largest absolute Gasteiger partial charge is 0.497 e. The monoisotopic (exact) mass is 322 g/mol. The number of ether oxygens (including phenoxy) is 1. The molecule has 128 valence electrons. The molecule has 2 unspecified atom stereocenters. The lowest BCUT2D eigenvalue weighted by molar-refractivity contribution is -0.104. The van der Waals surface area contributed by atoms with Crippen LogP contribution in [-0.2, 0) is 11.2 Å². The number of nitrogens with two attached hydrogens (primary N) is 1. The molecule has 0 radical (unpaired) electrons. The molecule has 0 bridgehead atoms. The standard InChI is InChI=1S/C14H15FN2O2.2C2H6/c1-19-12-4-2-9(3-5-12)6-10-7-11(8-18)13(15)17-14(10)16;2*1-2/h2-5,7-8,10,14H,6,16H2,1H3;2*1-2H3. The third kappa shape index (κ3) is 6.32. The fourth-order valence-electron chi connectivity index (χ4n) is 2.00. The van der Waals surface area contributed by atoms with Crippen LogP contribution in [0.3, 0.4) is 0 Å². The third-order valence-corrected chi connectivity index (χ3v) is 3.09. The van der Waals surface area contributed by atoms with Crippen molar-refractivity contribution < 1.29 is 13.9 Å². The Balaban J connectivity index is 0.00000112. The summed E-state index contributed by atoms with van der Waals surface area (Å²) >= 11 is 0. The topological polar surface area (TPSA) is 64.7 Å². The van der Waals surface area contributed by atoms with Crippen LogP contribution in [0.25, 0.3) is 0 Å². The van der Waals surface area contributed by atoms with Crippen molar-refractivity contribution >= 4 is 12.3 Å². The maximum absolute atomic E-state index is 13.3. The summed E-state index contributed by atoms with van der Waals surface area (Å²) in [6, 6.07) is 7.51. The minimum atomic E-state index is -0.784. The highest BCUT2D eigenvalue weighted by Crippen LogP contribution is 2.22. The lowest BCUT2D eigenvalue weighted by Crippen LogP contribution is -2.33. The van der Waals surface area contributed by atoms with Crippen LogP contribution in [0.1, 0.15) is 33.3 Å². The highest BCUT2D eigenvalue weighted by Gasteiger charge is 2.23. The molecule has 0 amide bonds. The number of aldehydes is 1. The van der Waals surface area contributed by atoms with Crippen LogP contribution >= 0.6 is 0 Å². The van der Waals surface area contributed by atoms with E-state index in [1.54, 1.807) is 13.2 Å². The van der Waals surface area contributed by atoms with Gasteiger partial charge >= 0.3 is 0 Å². The van der Waals surface area contributed by atoms with Crippen molar-refractivity contribution in [3.05, 3.63) is 41.5 Å². The molecule has 0 aliphatic carbocycles. The van der Waals surface area contributed by atoms with Gasteiger partial charge in [0.1, 0.15) is 11.9 Å². The van der Waals surface area contributed by atoms with Gasteiger partial charge in [-0.15, -0.1) is 0 Å². The Morgan fingerprint density at radius 3 is 2.26 bits per heavy atom. The summed E-state index contributed by atoms with van der Waals surface area (Å²) in [5, 5.41) is 0. The van der Waals surface area contributed by atoms with Gasteiger partial charge in [-0.05, 0) is 24.1 Å². The Morgan fingerprint density at radius 1 is 1.22 bits per heavy atom. The molecule has 2 rings (SSSR count). The lowest BCUT2D eigenvalue weighted by atomic mass is 9.93. The Kier molecular flexibility index (Phi) is 10.5. The molecule has 1 aromatic carbocycles. The van der Waals surface area contributed by atoms with Crippen molar-refractivity contribution in [3.8, 4) is 5.75 Å². The van der Waals surface area contributed by atoms with E-state index in [0.717, 1.165) is 11.3 Å². The van der Waals surface area contributed by atoms with Gasteiger partial charge in [0.05, 0.1) is 12.7 Å². The van der Waals surface area contributed by atoms with Crippen LogP contribution in [-0.4, -0.2) is 25.5 Å². The number of nitrogens with zero attached hydrogens (tertiary/aromatic N) is 1. The molecule has 1 aliphatic heterocycles. The number of halogens is 1. The van der Waals surface area contributed by atoms with Crippen molar-refractivity contribution in [2.24, 2.45) is 16.6 Å². The average molecular weight is 322 g/mol.